The van der Waals surface area contributed by atoms with Crippen LogP contribution in [-0.4, -0.2) is 46.2 Å². The van der Waals surface area contributed by atoms with Crippen molar-refractivity contribution in [2.75, 3.05) is 19.6 Å². The molecule has 2 aliphatic heterocycles. The molecule has 2 amide bonds. The number of hydrogen-bond donors (Lipinski definition) is 1. The van der Waals surface area contributed by atoms with Gasteiger partial charge in [-0.1, -0.05) is 55.3 Å². The molecule has 3 heterocycles. The molecule has 0 bridgehead atoms. The van der Waals surface area contributed by atoms with Crippen LogP contribution in [0.4, 0.5) is 0 Å². The smallest absolute Gasteiger partial charge is 0.254 e. The number of aromatic nitrogens is 1. The molecule has 1 aromatic heterocycles. The highest BCUT2D eigenvalue weighted by Gasteiger charge is 2.56. The molecule has 31 heavy (non-hydrogen) atoms. The summed E-state index contributed by atoms with van der Waals surface area (Å²) in [7, 11) is 0. The molecule has 0 spiro atoms. The van der Waals surface area contributed by atoms with Crippen LogP contribution in [0.25, 0.3) is 10.9 Å². The van der Waals surface area contributed by atoms with Crippen molar-refractivity contribution in [3.05, 3.63) is 70.4 Å². The Morgan fingerprint density at radius 2 is 1.87 bits per heavy atom. The molecule has 0 aliphatic carbocycles. The van der Waals surface area contributed by atoms with E-state index >= 15 is 0 Å². The number of carbonyl (C=O) groups excluding carboxylic acids is 2. The van der Waals surface area contributed by atoms with Crippen LogP contribution in [0.2, 0.25) is 5.02 Å². The van der Waals surface area contributed by atoms with Gasteiger partial charge in [-0.25, -0.2) is 0 Å². The SMILES string of the molecule is CCCCN1CC(=O)N2CC(c3ccc(Cl)cc3)c3c([nH]c4ccccc34)C2(C)C1=O. The molecule has 0 saturated carbocycles. The van der Waals surface area contributed by atoms with E-state index in [1.54, 1.807) is 9.80 Å². The van der Waals surface area contributed by atoms with Gasteiger partial charge < -0.3 is 14.8 Å². The van der Waals surface area contributed by atoms with E-state index in [4.69, 9.17) is 11.6 Å². The Hall–Kier alpha value is -2.79. The van der Waals surface area contributed by atoms with Crippen LogP contribution < -0.4 is 0 Å². The maximum absolute atomic E-state index is 13.8. The summed E-state index contributed by atoms with van der Waals surface area (Å²) in [6, 6.07) is 15.9. The van der Waals surface area contributed by atoms with Crippen LogP contribution >= 0.6 is 11.6 Å². The predicted octanol–water partition coefficient (Wildman–Crippen LogP) is 4.65. The standard InChI is InChI=1S/C25H26ClN3O2/c1-3-4-13-28-15-21(30)29-14-19(16-9-11-17(26)12-10-16)22-18-7-5-6-8-20(18)27-23(22)25(29,2)24(28)31/h5-12,19,27H,3-4,13-15H2,1-2H3. The Morgan fingerprint density at radius 3 is 2.61 bits per heavy atom. The van der Waals surface area contributed by atoms with Crippen molar-refractivity contribution in [1.29, 1.82) is 0 Å². The first-order valence-electron chi connectivity index (χ1n) is 10.9. The van der Waals surface area contributed by atoms with Crippen LogP contribution in [0.1, 0.15) is 49.4 Å². The van der Waals surface area contributed by atoms with Crippen molar-refractivity contribution in [1.82, 2.24) is 14.8 Å². The maximum atomic E-state index is 13.8. The number of benzene rings is 2. The summed E-state index contributed by atoms with van der Waals surface area (Å²) in [5, 5.41) is 1.78. The summed E-state index contributed by atoms with van der Waals surface area (Å²) in [6.07, 6.45) is 1.87. The minimum absolute atomic E-state index is 0.00136. The van der Waals surface area contributed by atoms with Gasteiger partial charge in [0, 0.05) is 34.9 Å². The average molecular weight is 436 g/mol. The molecule has 0 radical (unpaired) electrons. The first-order chi connectivity index (χ1) is 14.9. The lowest BCUT2D eigenvalue weighted by Gasteiger charge is -2.51. The summed E-state index contributed by atoms with van der Waals surface area (Å²) >= 11 is 6.14. The Balaban J connectivity index is 1.72. The van der Waals surface area contributed by atoms with Gasteiger partial charge >= 0.3 is 0 Å². The fourth-order valence-electron chi connectivity index (χ4n) is 5.20. The molecule has 2 aromatic carbocycles. The fourth-order valence-corrected chi connectivity index (χ4v) is 5.33. The summed E-state index contributed by atoms with van der Waals surface area (Å²) in [6.45, 7) is 5.23. The number of hydrogen-bond acceptors (Lipinski definition) is 2. The van der Waals surface area contributed by atoms with E-state index in [2.05, 4.69) is 18.0 Å². The van der Waals surface area contributed by atoms with E-state index in [9.17, 15) is 9.59 Å². The zero-order valence-electron chi connectivity index (χ0n) is 17.8. The van der Waals surface area contributed by atoms with Crippen LogP contribution in [0, 0.1) is 0 Å². The second kappa shape index (κ2) is 7.41. The molecule has 6 heteroatoms. The van der Waals surface area contributed by atoms with Gasteiger partial charge in [-0.05, 0) is 42.7 Å². The lowest BCUT2D eigenvalue weighted by Crippen LogP contribution is -2.67. The highest BCUT2D eigenvalue weighted by molar-refractivity contribution is 6.30. The van der Waals surface area contributed by atoms with Gasteiger partial charge in [0.15, 0.2) is 5.54 Å². The van der Waals surface area contributed by atoms with E-state index in [0.29, 0.717) is 18.1 Å². The van der Waals surface area contributed by atoms with E-state index < -0.39 is 5.54 Å². The molecular weight excluding hydrogens is 410 g/mol. The molecule has 160 valence electrons. The normalized spacial score (nSPS) is 23.3. The summed E-state index contributed by atoms with van der Waals surface area (Å²) in [5.74, 6) is -0.0279. The van der Waals surface area contributed by atoms with E-state index in [0.717, 1.165) is 40.6 Å². The summed E-state index contributed by atoms with van der Waals surface area (Å²) in [4.78, 5) is 34.1. The van der Waals surface area contributed by atoms with Gasteiger partial charge in [0.2, 0.25) is 5.91 Å². The third kappa shape index (κ3) is 2.98. The fraction of sp³-hybridized carbons (Fsp3) is 0.360. The van der Waals surface area contributed by atoms with Crippen molar-refractivity contribution in [2.24, 2.45) is 0 Å². The Morgan fingerprint density at radius 1 is 1.13 bits per heavy atom. The highest BCUT2D eigenvalue weighted by Crippen LogP contribution is 2.48. The lowest BCUT2D eigenvalue weighted by molar-refractivity contribution is -0.166. The van der Waals surface area contributed by atoms with Crippen molar-refractivity contribution >= 4 is 34.3 Å². The second-order valence-electron chi connectivity index (χ2n) is 8.72. The van der Waals surface area contributed by atoms with Gasteiger partial charge in [-0.3, -0.25) is 9.59 Å². The minimum atomic E-state index is -1.03. The molecule has 3 aromatic rings. The molecule has 5 rings (SSSR count). The second-order valence-corrected chi connectivity index (χ2v) is 9.16. The topological polar surface area (TPSA) is 56.4 Å². The largest absolute Gasteiger partial charge is 0.356 e. The van der Waals surface area contributed by atoms with Gasteiger partial charge in [0.05, 0.1) is 12.2 Å². The van der Waals surface area contributed by atoms with Crippen molar-refractivity contribution in [2.45, 2.75) is 38.1 Å². The molecule has 5 nitrogen and oxygen atoms in total. The molecular formula is C25H26ClN3O2. The molecule has 1 N–H and O–H groups in total. The first-order valence-corrected chi connectivity index (χ1v) is 11.3. The average Bonchev–Trinajstić information content (AvgIpc) is 3.17. The molecule has 2 unspecified atom stereocenters. The number of aromatic amines is 1. The molecule has 2 aliphatic rings. The zero-order valence-corrected chi connectivity index (χ0v) is 18.6. The van der Waals surface area contributed by atoms with Crippen molar-refractivity contribution in [3.63, 3.8) is 0 Å². The molecule has 2 atom stereocenters. The minimum Gasteiger partial charge on any atom is -0.356 e. The van der Waals surface area contributed by atoms with Crippen LogP contribution in [0.15, 0.2) is 48.5 Å². The van der Waals surface area contributed by atoms with E-state index in [-0.39, 0.29) is 24.3 Å². The Bertz CT molecular complexity index is 1170. The van der Waals surface area contributed by atoms with Gasteiger partial charge in [-0.2, -0.15) is 0 Å². The summed E-state index contributed by atoms with van der Waals surface area (Å²) < 4.78 is 0. The number of piperazine rings is 1. The molecule has 1 saturated heterocycles. The van der Waals surface area contributed by atoms with Crippen molar-refractivity contribution < 1.29 is 9.59 Å². The van der Waals surface area contributed by atoms with Gasteiger partial charge in [0.25, 0.3) is 5.91 Å². The Labute approximate surface area is 187 Å². The number of para-hydroxylation sites is 1. The number of amides is 2. The van der Waals surface area contributed by atoms with Gasteiger partial charge in [0.1, 0.15) is 0 Å². The molecule has 1 fully saturated rings. The maximum Gasteiger partial charge on any atom is 0.254 e. The lowest BCUT2D eigenvalue weighted by atomic mass is 9.76. The number of H-pyrrole nitrogens is 1. The number of rotatable bonds is 4. The third-order valence-electron chi connectivity index (χ3n) is 6.87. The monoisotopic (exact) mass is 435 g/mol. The number of halogens is 1. The number of unbranched alkanes of at least 4 members (excludes halogenated alkanes) is 1. The first kappa shape index (κ1) is 20.1. The number of nitrogens with zero attached hydrogens (tertiary/aromatic N) is 2. The quantitative estimate of drug-likeness (QED) is 0.648. The zero-order chi connectivity index (χ0) is 21.8. The van der Waals surface area contributed by atoms with Crippen molar-refractivity contribution in [3.8, 4) is 0 Å². The number of nitrogens with one attached hydrogen (secondary N) is 1. The highest BCUT2D eigenvalue weighted by atomic mass is 35.5. The number of carbonyl (C=O) groups is 2. The summed E-state index contributed by atoms with van der Waals surface area (Å²) in [5.41, 5.74) is 2.99. The van der Waals surface area contributed by atoms with E-state index in [1.807, 2.05) is 49.4 Å². The Kier molecular flexibility index (Phi) is 4.82. The van der Waals surface area contributed by atoms with Crippen LogP contribution in [-0.2, 0) is 15.1 Å². The van der Waals surface area contributed by atoms with Crippen LogP contribution in [0.5, 0.6) is 0 Å². The third-order valence-corrected chi connectivity index (χ3v) is 7.12. The van der Waals surface area contributed by atoms with Gasteiger partial charge in [-0.15, -0.1) is 0 Å². The number of fused-ring (bicyclic) bond motifs is 5. The predicted molar refractivity (Wildman–Crippen MR) is 122 cm³/mol. The van der Waals surface area contributed by atoms with E-state index in [1.165, 1.54) is 0 Å². The van der Waals surface area contributed by atoms with Crippen LogP contribution in [0.3, 0.4) is 0 Å².